The van der Waals surface area contributed by atoms with E-state index in [9.17, 15) is 0 Å². The van der Waals surface area contributed by atoms with Gasteiger partial charge in [-0.05, 0) is 101 Å². The van der Waals surface area contributed by atoms with Crippen LogP contribution in [0.3, 0.4) is 0 Å². The van der Waals surface area contributed by atoms with Crippen LogP contribution in [0.2, 0.25) is 0 Å². The molecule has 1 N–H and O–H groups in total. The van der Waals surface area contributed by atoms with Gasteiger partial charge < -0.3 is 19.7 Å². The van der Waals surface area contributed by atoms with Crippen molar-refractivity contribution in [3.05, 3.63) is 77.4 Å². The molecule has 2 aliphatic rings. The molecule has 0 bridgehead atoms. The van der Waals surface area contributed by atoms with Crippen LogP contribution in [-0.4, -0.2) is 38.7 Å². The Labute approximate surface area is 221 Å². The molecule has 2 atom stereocenters. The van der Waals surface area contributed by atoms with Crippen molar-refractivity contribution >= 4 is 23.0 Å². The van der Waals surface area contributed by atoms with Crippen LogP contribution in [0.1, 0.15) is 80.7 Å². The molecule has 1 saturated carbocycles. The predicted octanol–water partition coefficient (Wildman–Crippen LogP) is 6.64. The van der Waals surface area contributed by atoms with Crippen LogP contribution in [0, 0.1) is 13.8 Å². The lowest BCUT2D eigenvalue weighted by Crippen LogP contribution is -2.40. The lowest BCUT2D eigenvalue weighted by atomic mass is 9.90. The van der Waals surface area contributed by atoms with Gasteiger partial charge in [0.2, 0.25) is 0 Å². The number of aryl methyl sites for hydroxylation is 1. The van der Waals surface area contributed by atoms with E-state index in [0.29, 0.717) is 6.04 Å². The van der Waals surface area contributed by atoms with Crippen molar-refractivity contribution in [3.8, 4) is 5.69 Å². The molecule has 2 aromatic heterocycles. The Bertz CT molecular complexity index is 1180. The minimum absolute atomic E-state index is 0.0413. The van der Waals surface area contributed by atoms with Gasteiger partial charge in [-0.15, -0.1) is 0 Å². The molecule has 1 aliphatic heterocycles. The average Bonchev–Trinajstić information content (AvgIpc) is 3.41. The average molecular weight is 502 g/mol. The van der Waals surface area contributed by atoms with Gasteiger partial charge in [0.15, 0.2) is 5.11 Å². The molecule has 0 unspecified atom stereocenters. The van der Waals surface area contributed by atoms with Crippen LogP contribution in [0.4, 0.5) is 5.69 Å². The van der Waals surface area contributed by atoms with E-state index >= 15 is 0 Å². The maximum absolute atomic E-state index is 5.99. The summed E-state index contributed by atoms with van der Waals surface area (Å²) in [7, 11) is 0. The summed E-state index contributed by atoms with van der Waals surface area (Å²) < 4.78 is 2.40. The first kappa shape index (κ1) is 24.8. The third-order valence-electron chi connectivity index (χ3n) is 8.13. The van der Waals surface area contributed by atoms with Crippen molar-refractivity contribution in [1.82, 2.24) is 19.8 Å². The molecule has 36 heavy (non-hydrogen) atoms. The highest BCUT2D eigenvalue weighted by Crippen LogP contribution is 2.44. The number of hydrogen-bond acceptors (Lipinski definition) is 3. The zero-order chi connectivity index (χ0) is 25.2. The quantitative estimate of drug-likeness (QED) is 0.367. The number of hydrogen-bond donors (Lipinski definition) is 1. The molecule has 1 aliphatic carbocycles. The second kappa shape index (κ2) is 10.6. The van der Waals surface area contributed by atoms with E-state index in [-0.39, 0.29) is 12.1 Å². The Morgan fingerprint density at radius 1 is 1.00 bits per heavy atom. The molecule has 190 valence electrons. The molecule has 5 rings (SSSR count). The van der Waals surface area contributed by atoms with Gasteiger partial charge in [-0.3, -0.25) is 4.98 Å². The molecule has 0 amide bonds. The zero-order valence-electron chi connectivity index (χ0n) is 22.1. The number of pyridine rings is 1. The summed E-state index contributed by atoms with van der Waals surface area (Å²) in [5.74, 6) is 0. The van der Waals surface area contributed by atoms with Gasteiger partial charge in [-0.25, -0.2) is 0 Å². The molecule has 0 radical (unpaired) electrons. The fourth-order valence-corrected chi connectivity index (χ4v) is 6.73. The third kappa shape index (κ3) is 4.52. The molecule has 0 spiro atoms. The Morgan fingerprint density at radius 3 is 2.36 bits per heavy atom. The van der Waals surface area contributed by atoms with Gasteiger partial charge in [0, 0.05) is 48.1 Å². The normalized spacial score (nSPS) is 20.6. The SMILES string of the molecule is CCN(CC)c1ccc(-n2c(C)cc([C@@H]3[C@H](c4ccccn4)NC(=S)N3C3CCCCC3)c2C)cc1. The highest BCUT2D eigenvalue weighted by molar-refractivity contribution is 7.80. The topological polar surface area (TPSA) is 36.3 Å². The lowest BCUT2D eigenvalue weighted by molar-refractivity contribution is 0.197. The molecule has 1 saturated heterocycles. The number of nitrogens with one attached hydrogen (secondary N) is 1. The smallest absolute Gasteiger partial charge is 0.170 e. The van der Waals surface area contributed by atoms with Crippen LogP contribution in [0.5, 0.6) is 0 Å². The third-order valence-corrected chi connectivity index (χ3v) is 8.46. The molecule has 5 nitrogen and oxygen atoms in total. The summed E-state index contributed by atoms with van der Waals surface area (Å²) in [6.45, 7) is 10.9. The van der Waals surface area contributed by atoms with E-state index in [2.05, 4.69) is 89.8 Å². The number of rotatable bonds is 7. The van der Waals surface area contributed by atoms with Crippen molar-refractivity contribution in [2.24, 2.45) is 0 Å². The molecular formula is C30H39N5S. The Morgan fingerprint density at radius 2 is 1.72 bits per heavy atom. The minimum Gasteiger partial charge on any atom is -0.372 e. The molecule has 2 fully saturated rings. The van der Waals surface area contributed by atoms with E-state index in [0.717, 1.165) is 23.9 Å². The van der Waals surface area contributed by atoms with Crippen LogP contribution in [0.15, 0.2) is 54.7 Å². The maximum atomic E-state index is 5.99. The largest absolute Gasteiger partial charge is 0.372 e. The lowest BCUT2D eigenvalue weighted by Gasteiger charge is -2.37. The van der Waals surface area contributed by atoms with Gasteiger partial charge in [0.25, 0.3) is 0 Å². The number of benzene rings is 1. The van der Waals surface area contributed by atoms with Crippen LogP contribution >= 0.6 is 12.2 Å². The number of nitrogens with zero attached hydrogens (tertiary/aromatic N) is 4. The summed E-state index contributed by atoms with van der Waals surface area (Å²) in [6.07, 6.45) is 8.20. The Balaban J connectivity index is 1.56. The second-order valence-electron chi connectivity index (χ2n) is 10.2. The van der Waals surface area contributed by atoms with E-state index < -0.39 is 0 Å². The Kier molecular flexibility index (Phi) is 7.33. The summed E-state index contributed by atoms with van der Waals surface area (Å²) in [4.78, 5) is 9.65. The molecule has 3 aromatic rings. The minimum atomic E-state index is 0.0413. The summed E-state index contributed by atoms with van der Waals surface area (Å²) in [6, 6.07) is 18.2. The molecule has 3 heterocycles. The van der Waals surface area contributed by atoms with Gasteiger partial charge in [-0.2, -0.15) is 0 Å². The predicted molar refractivity (Wildman–Crippen MR) is 153 cm³/mol. The van der Waals surface area contributed by atoms with Crippen molar-refractivity contribution in [3.63, 3.8) is 0 Å². The highest BCUT2D eigenvalue weighted by atomic mass is 32.1. The van der Waals surface area contributed by atoms with Crippen LogP contribution in [-0.2, 0) is 0 Å². The van der Waals surface area contributed by atoms with Gasteiger partial charge >= 0.3 is 0 Å². The summed E-state index contributed by atoms with van der Waals surface area (Å²) in [5, 5.41) is 4.55. The second-order valence-corrected chi connectivity index (χ2v) is 10.6. The van der Waals surface area contributed by atoms with Crippen molar-refractivity contribution < 1.29 is 0 Å². The first-order valence-corrected chi connectivity index (χ1v) is 14.0. The van der Waals surface area contributed by atoms with Crippen molar-refractivity contribution in [2.45, 2.75) is 77.9 Å². The molecule has 6 heteroatoms. The first-order valence-electron chi connectivity index (χ1n) is 13.6. The molecule has 1 aromatic carbocycles. The number of aromatic nitrogens is 2. The maximum Gasteiger partial charge on any atom is 0.170 e. The standard InChI is InChI=1S/C30H39N5S/c1-5-33(6-2)23-15-17-25(18-16-23)34-21(3)20-26(22(34)4)29-28(27-14-10-11-19-31-27)32-30(36)35(29)24-12-8-7-9-13-24/h10-11,14-20,24,28-29H,5-9,12-13H2,1-4H3,(H,32,36)/t28-,29+/m0/s1. The fourth-order valence-electron chi connectivity index (χ4n) is 6.34. The van der Waals surface area contributed by atoms with Crippen molar-refractivity contribution in [1.29, 1.82) is 0 Å². The van der Waals surface area contributed by atoms with Gasteiger partial charge in [-0.1, -0.05) is 25.3 Å². The number of thiocarbonyl (C=S) groups is 1. The van der Waals surface area contributed by atoms with Crippen molar-refractivity contribution in [2.75, 3.05) is 18.0 Å². The van der Waals surface area contributed by atoms with Gasteiger partial charge in [0.05, 0.1) is 17.8 Å². The van der Waals surface area contributed by atoms with Crippen LogP contribution < -0.4 is 10.2 Å². The summed E-state index contributed by atoms with van der Waals surface area (Å²) in [5.41, 5.74) is 7.40. The van der Waals surface area contributed by atoms with E-state index in [1.807, 2.05) is 12.3 Å². The first-order chi connectivity index (χ1) is 17.5. The monoisotopic (exact) mass is 501 g/mol. The van der Waals surface area contributed by atoms with E-state index in [4.69, 9.17) is 17.2 Å². The fraction of sp³-hybridized carbons (Fsp3) is 0.467. The number of anilines is 1. The zero-order valence-corrected chi connectivity index (χ0v) is 22.9. The van der Waals surface area contributed by atoms with Crippen LogP contribution in [0.25, 0.3) is 5.69 Å². The molecular weight excluding hydrogens is 462 g/mol. The summed E-state index contributed by atoms with van der Waals surface area (Å²) >= 11 is 5.99. The highest BCUT2D eigenvalue weighted by Gasteiger charge is 2.44. The van der Waals surface area contributed by atoms with Gasteiger partial charge in [0.1, 0.15) is 0 Å². The Hall–Kier alpha value is -2.86. The van der Waals surface area contributed by atoms with E-state index in [1.54, 1.807) is 0 Å². The van der Waals surface area contributed by atoms with E-state index in [1.165, 1.54) is 60.4 Å².